The van der Waals surface area contributed by atoms with Gasteiger partial charge in [0.05, 0.1) is 22.5 Å². The molecule has 0 radical (unpaired) electrons. The monoisotopic (exact) mass is 459 g/mol. The molecule has 0 unspecified atom stereocenters. The van der Waals surface area contributed by atoms with Crippen LogP contribution in [0.5, 0.6) is 0 Å². The molecule has 3 N–H and O–H groups in total. The molecule has 0 atom stereocenters. The third-order valence-electron chi connectivity index (χ3n) is 5.02. The standard InChI is InChI=1S/C14H15ClFN3.C8H8N2O3/c1-9-13-8-18(2)5-6-19(13)14(17-9)11-4-3-10(15)7-12(11)16;9-13-8(12)6-1-3-7(4-2-6)10-5-11/h3-4,7H,5-6,8H2,1-2H3;1-5H,9H2,(H,10,11). The van der Waals surface area contributed by atoms with Gasteiger partial charge in [-0.05, 0) is 56.4 Å². The van der Waals surface area contributed by atoms with Gasteiger partial charge in [-0.2, -0.15) is 5.90 Å². The highest BCUT2D eigenvalue weighted by atomic mass is 35.5. The van der Waals surface area contributed by atoms with Crippen molar-refractivity contribution in [1.82, 2.24) is 14.5 Å². The summed E-state index contributed by atoms with van der Waals surface area (Å²) in [6.45, 7) is 4.62. The Kier molecular flexibility index (Phi) is 7.57. The van der Waals surface area contributed by atoms with Gasteiger partial charge in [-0.25, -0.2) is 14.2 Å². The number of rotatable bonds is 4. The van der Waals surface area contributed by atoms with E-state index < -0.39 is 5.97 Å². The minimum atomic E-state index is -0.613. The van der Waals surface area contributed by atoms with Crippen LogP contribution in [0, 0.1) is 12.7 Å². The summed E-state index contributed by atoms with van der Waals surface area (Å²) in [7, 11) is 2.08. The number of aromatic nitrogens is 2. The van der Waals surface area contributed by atoms with Crippen molar-refractivity contribution in [3.8, 4) is 11.4 Å². The van der Waals surface area contributed by atoms with Crippen molar-refractivity contribution < 1.29 is 18.8 Å². The number of hydrogen-bond donors (Lipinski definition) is 2. The van der Waals surface area contributed by atoms with Gasteiger partial charge in [0.2, 0.25) is 6.41 Å². The summed E-state index contributed by atoms with van der Waals surface area (Å²) < 4.78 is 16.2. The molecule has 1 aliphatic heterocycles. The average Bonchev–Trinajstić information content (AvgIpc) is 3.10. The second-order valence-electron chi connectivity index (χ2n) is 7.23. The molecule has 0 saturated heterocycles. The summed E-state index contributed by atoms with van der Waals surface area (Å²) >= 11 is 5.80. The number of halogens is 2. The molecule has 3 aromatic rings. The first-order valence-corrected chi connectivity index (χ1v) is 10.1. The van der Waals surface area contributed by atoms with Crippen molar-refractivity contribution in [2.24, 2.45) is 5.90 Å². The van der Waals surface area contributed by atoms with Gasteiger partial charge in [0.15, 0.2) is 0 Å². The third kappa shape index (κ3) is 5.31. The fourth-order valence-electron chi connectivity index (χ4n) is 3.37. The number of nitrogens with zero attached hydrogens (tertiary/aromatic N) is 3. The van der Waals surface area contributed by atoms with Crippen molar-refractivity contribution in [3.05, 3.63) is 70.3 Å². The SMILES string of the molecule is Cc1nc(-c2ccc(Cl)cc2F)n2c1CN(C)CC2.NOC(=O)c1ccc(NC=O)cc1. The van der Waals surface area contributed by atoms with E-state index in [2.05, 4.69) is 37.6 Å². The highest BCUT2D eigenvalue weighted by Crippen LogP contribution is 2.28. The fraction of sp³-hybridized carbons (Fsp3) is 0.227. The molecule has 1 amide bonds. The summed E-state index contributed by atoms with van der Waals surface area (Å²) in [4.78, 5) is 31.7. The first-order chi connectivity index (χ1) is 15.3. The lowest BCUT2D eigenvalue weighted by molar-refractivity contribution is -0.105. The van der Waals surface area contributed by atoms with Crippen LogP contribution < -0.4 is 11.2 Å². The van der Waals surface area contributed by atoms with E-state index in [4.69, 9.17) is 11.6 Å². The zero-order valence-electron chi connectivity index (χ0n) is 17.6. The zero-order chi connectivity index (χ0) is 23.3. The predicted molar refractivity (Wildman–Crippen MR) is 119 cm³/mol. The molecule has 2 heterocycles. The van der Waals surface area contributed by atoms with E-state index in [1.807, 2.05) is 6.92 Å². The van der Waals surface area contributed by atoms with Crippen molar-refractivity contribution in [2.45, 2.75) is 20.0 Å². The Morgan fingerprint density at radius 1 is 1.25 bits per heavy atom. The summed E-state index contributed by atoms with van der Waals surface area (Å²) in [6.07, 6.45) is 0.552. The van der Waals surface area contributed by atoms with Crippen LogP contribution >= 0.6 is 11.6 Å². The number of likely N-dealkylation sites (N-methyl/N-ethyl adjacent to an activating group) is 1. The predicted octanol–water partition coefficient (Wildman–Crippen LogP) is 3.38. The van der Waals surface area contributed by atoms with Crippen LogP contribution in [-0.4, -0.2) is 40.4 Å². The van der Waals surface area contributed by atoms with Crippen LogP contribution in [0.2, 0.25) is 5.02 Å². The maximum absolute atomic E-state index is 14.0. The van der Waals surface area contributed by atoms with Crippen LogP contribution in [0.15, 0.2) is 42.5 Å². The third-order valence-corrected chi connectivity index (χ3v) is 5.26. The quantitative estimate of drug-likeness (QED) is 0.458. The highest BCUT2D eigenvalue weighted by molar-refractivity contribution is 6.30. The Bertz CT molecular complexity index is 1120. The molecule has 0 spiro atoms. The van der Waals surface area contributed by atoms with E-state index in [1.54, 1.807) is 24.3 Å². The molecule has 32 heavy (non-hydrogen) atoms. The molecule has 10 heteroatoms. The largest absolute Gasteiger partial charge is 0.370 e. The minimum absolute atomic E-state index is 0.320. The van der Waals surface area contributed by atoms with Crippen LogP contribution in [0.1, 0.15) is 21.7 Å². The lowest BCUT2D eigenvalue weighted by atomic mass is 10.2. The Balaban J connectivity index is 0.000000195. The summed E-state index contributed by atoms with van der Waals surface area (Å²) in [5, 5.41) is 2.83. The van der Waals surface area contributed by atoms with Gasteiger partial charge in [-0.1, -0.05) is 11.6 Å². The van der Waals surface area contributed by atoms with Gasteiger partial charge < -0.3 is 14.7 Å². The van der Waals surface area contributed by atoms with E-state index in [-0.39, 0.29) is 5.82 Å². The second-order valence-corrected chi connectivity index (χ2v) is 7.66. The zero-order valence-corrected chi connectivity index (χ0v) is 18.4. The van der Waals surface area contributed by atoms with Crippen LogP contribution in [-0.2, 0) is 22.7 Å². The lowest BCUT2D eigenvalue weighted by Crippen LogP contribution is -2.30. The Morgan fingerprint density at radius 2 is 1.97 bits per heavy atom. The van der Waals surface area contributed by atoms with Crippen molar-refractivity contribution in [2.75, 3.05) is 18.9 Å². The summed E-state index contributed by atoms with van der Waals surface area (Å²) in [5.74, 6) is 4.45. The van der Waals surface area contributed by atoms with Crippen molar-refractivity contribution in [1.29, 1.82) is 0 Å². The maximum Gasteiger partial charge on any atom is 0.356 e. The molecule has 0 fully saturated rings. The number of aryl methyl sites for hydroxylation is 1. The Hall–Kier alpha value is -3.27. The molecular weight excluding hydrogens is 437 g/mol. The molecule has 0 saturated carbocycles. The van der Waals surface area contributed by atoms with Gasteiger partial charge in [-0.3, -0.25) is 9.69 Å². The number of imidazole rings is 1. The smallest absolute Gasteiger partial charge is 0.356 e. The Morgan fingerprint density at radius 3 is 2.59 bits per heavy atom. The van der Waals surface area contributed by atoms with Gasteiger partial charge in [0.1, 0.15) is 11.6 Å². The van der Waals surface area contributed by atoms with Crippen LogP contribution in [0.3, 0.4) is 0 Å². The van der Waals surface area contributed by atoms with Gasteiger partial charge in [0.25, 0.3) is 0 Å². The topological polar surface area (TPSA) is 102 Å². The first-order valence-electron chi connectivity index (χ1n) is 9.75. The van der Waals surface area contributed by atoms with Crippen LogP contribution in [0.25, 0.3) is 11.4 Å². The van der Waals surface area contributed by atoms with Gasteiger partial charge in [-0.15, -0.1) is 0 Å². The Labute approximate surface area is 189 Å². The highest BCUT2D eigenvalue weighted by Gasteiger charge is 2.22. The normalized spacial score (nSPS) is 12.9. The van der Waals surface area contributed by atoms with Crippen molar-refractivity contribution >= 4 is 29.7 Å². The summed E-state index contributed by atoms with van der Waals surface area (Å²) in [5.41, 5.74) is 3.58. The number of amides is 1. The van der Waals surface area contributed by atoms with E-state index in [0.29, 0.717) is 34.1 Å². The number of benzene rings is 2. The van der Waals surface area contributed by atoms with E-state index >= 15 is 0 Å². The average molecular weight is 460 g/mol. The van der Waals surface area contributed by atoms with E-state index in [0.717, 1.165) is 31.0 Å². The number of nitrogens with two attached hydrogens (primary N) is 1. The molecule has 4 rings (SSSR count). The van der Waals surface area contributed by atoms with Crippen LogP contribution in [0.4, 0.5) is 10.1 Å². The molecular formula is C22H23ClFN5O3. The molecule has 2 aromatic carbocycles. The maximum atomic E-state index is 14.0. The first kappa shape index (κ1) is 23.4. The molecule has 1 aliphatic rings. The van der Waals surface area contributed by atoms with Gasteiger partial charge >= 0.3 is 5.97 Å². The number of fused-ring (bicyclic) bond motifs is 1. The number of carbonyl (C=O) groups is 2. The second kappa shape index (κ2) is 10.4. The fourth-order valence-corrected chi connectivity index (χ4v) is 3.53. The van der Waals surface area contributed by atoms with E-state index in [1.165, 1.54) is 18.2 Å². The summed E-state index contributed by atoms with van der Waals surface area (Å²) in [6, 6.07) is 10.9. The molecule has 168 valence electrons. The number of carbonyl (C=O) groups excluding carboxylic acids is 2. The molecule has 1 aromatic heterocycles. The molecule has 8 nitrogen and oxygen atoms in total. The van der Waals surface area contributed by atoms with Gasteiger partial charge in [0, 0.05) is 30.3 Å². The lowest BCUT2D eigenvalue weighted by Gasteiger charge is -2.25. The molecule has 0 bridgehead atoms. The minimum Gasteiger partial charge on any atom is -0.370 e. The van der Waals surface area contributed by atoms with E-state index in [9.17, 15) is 14.0 Å². The number of nitrogens with one attached hydrogen (secondary N) is 1. The number of anilines is 1. The van der Waals surface area contributed by atoms with Crippen molar-refractivity contribution in [3.63, 3.8) is 0 Å². The number of hydrogen-bond acceptors (Lipinski definition) is 6. The molecule has 0 aliphatic carbocycles.